The Bertz CT molecular complexity index is 1710. The summed E-state index contributed by atoms with van der Waals surface area (Å²) >= 11 is 0. The first kappa shape index (κ1) is 28.2. The molecule has 41 heavy (non-hydrogen) atoms. The van der Waals surface area contributed by atoms with Crippen LogP contribution >= 0.6 is 0 Å². The molecule has 0 aliphatic carbocycles. The van der Waals surface area contributed by atoms with Gasteiger partial charge in [-0.15, -0.1) is 59.7 Å². The minimum Gasteiger partial charge on any atom is -0.500 e. The molecule has 0 atom stereocenters. The van der Waals surface area contributed by atoms with Crippen molar-refractivity contribution in [1.29, 1.82) is 0 Å². The Morgan fingerprint density at radius 2 is 1.29 bits per heavy atom. The quantitative estimate of drug-likeness (QED) is 0.172. The molecule has 0 bridgehead atoms. The number of hydrogen-bond donors (Lipinski definition) is 0. The second-order valence-corrected chi connectivity index (χ2v) is 9.89. The molecule has 4 heteroatoms. The van der Waals surface area contributed by atoms with Gasteiger partial charge in [-0.25, -0.2) is 0 Å². The van der Waals surface area contributed by atoms with Crippen molar-refractivity contribution in [3.05, 3.63) is 145 Å². The first-order valence-corrected chi connectivity index (χ1v) is 13.4. The van der Waals surface area contributed by atoms with Crippen molar-refractivity contribution < 1.29 is 24.8 Å². The summed E-state index contributed by atoms with van der Waals surface area (Å²) in [7, 11) is 0. The number of hydrogen-bond acceptors (Lipinski definition) is 3. The number of benzene rings is 4. The van der Waals surface area contributed by atoms with Gasteiger partial charge in [0.1, 0.15) is 5.75 Å². The molecule has 0 spiro atoms. The predicted octanol–water partition coefficient (Wildman–Crippen LogP) is 9.66. The topological polar surface area (TPSA) is 35.0 Å². The van der Waals surface area contributed by atoms with E-state index in [1.807, 2.05) is 72.9 Å². The summed E-state index contributed by atoms with van der Waals surface area (Å²) in [5.41, 5.74) is 9.72. The number of rotatable bonds is 3. The molecule has 0 amide bonds. The molecule has 4 aromatic carbocycles. The standard InChI is InChI=1S/C26H20NO.C11H8N.Ir/c1-17(2)18-13-14-27-24(16-18)19-11-12-26-23(15-19)21-8-4-3-7-20(21)22-9-5-6-10-25(22)28-26;1-2-6-10(7-3-1)11-8-4-5-9-12-11;/h3-10,12-17H,1-2H3;1-6,8-9H;/q2*-1;. The minimum absolute atomic E-state index is 0. The Labute approximate surface area is 255 Å². The largest absolute Gasteiger partial charge is 0.500 e. The van der Waals surface area contributed by atoms with Crippen LogP contribution in [-0.2, 0) is 20.1 Å². The average molecular weight is 709 g/mol. The molecular formula is C37H28IrN2O-2. The van der Waals surface area contributed by atoms with E-state index in [0.29, 0.717) is 5.92 Å². The minimum atomic E-state index is 0. The fourth-order valence-electron chi connectivity index (χ4n) is 4.80. The predicted molar refractivity (Wildman–Crippen MR) is 162 cm³/mol. The summed E-state index contributed by atoms with van der Waals surface area (Å²) in [6.07, 6.45) is 3.67. The van der Waals surface area contributed by atoms with Crippen LogP contribution < -0.4 is 4.74 Å². The summed E-state index contributed by atoms with van der Waals surface area (Å²) in [5, 5.41) is 0. The van der Waals surface area contributed by atoms with Gasteiger partial charge < -0.3 is 14.7 Å². The molecule has 0 N–H and O–H groups in total. The van der Waals surface area contributed by atoms with Crippen LogP contribution in [0.4, 0.5) is 0 Å². The molecule has 2 aromatic heterocycles. The van der Waals surface area contributed by atoms with Gasteiger partial charge in [0.05, 0.1) is 5.75 Å². The maximum Gasteiger partial charge on any atom is 0.122 e. The van der Waals surface area contributed by atoms with Crippen LogP contribution in [0, 0.1) is 12.1 Å². The summed E-state index contributed by atoms with van der Waals surface area (Å²) in [6.45, 7) is 4.39. The van der Waals surface area contributed by atoms with Gasteiger partial charge in [-0.2, -0.15) is 0 Å². The molecule has 0 saturated heterocycles. The van der Waals surface area contributed by atoms with Gasteiger partial charge in [0, 0.05) is 38.1 Å². The van der Waals surface area contributed by atoms with Crippen LogP contribution in [0.3, 0.4) is 0 Å². The SMILES string of the molecule is CC(C)c1ccnc(-c2[c-]cc3c(c2)-c2ccccc2-c2ccccc2O3)c1.[Ir].[c-]1ccccc1-c1ccccn1. The average Bonchev–Trinajstić information content (AvgIpc) is 3.16. The molecule has 7 rings (SSSR count). The summed E-state index contributed by atoms with van der Waals surface area (Å²) < 4.78 is 6.29. The van der Waals surface area contributed by atoms with Crippen molar-refractivity contribution in [3.63, 3.8) is 0 Å². The molecule has 0 saturated carbocycles. The van der Waals surface area contributed by atoms with Crippen molar-refractivity contribution in [2.45, 2.75) is 19.8 Å². The summed E-state index contributed by atoms with van der Waals surface area (Å²) in [4.78, 5) is 8.81. The Balaban J connectivity index is 0.000000218. The fraction of sp³-hybridized carbons (Fsp3) is 0.0811. The normalized spacial score (nSPS) is 10.9. The Morgan fingerprint density at radius 1 is 0.585 bits per heavy atom. The van der Waals surface area contributed by atoms with E-state index in [1.54, 1.807) is 6.20 Å². The number of para-hydroxylation sites is 1. The van der Waals surface area contributed by atoms with Crippen LogP contribution in [0.2, 0.25) is 0 Å². The van der Waals surface area contributed by atoms with Gasteiger partial charge in [0.2, 0.25) is 0 Å². The molecule has 1 aliphatic heterocycles. The number of nitrogens with zero attached hydrogens (tertiary/aromatic N) is 2. The van der Waals surface area contributed by atoms with E-state index in [1.165, 1.54) is 11.1 Å². The van der Waals surface area contributed by atoms with Crippen molar-refractivity contribution in [1.82, 2.24) is 9.97 Å². The van der Waals surface area contributed by atoms with Gasteiger partial charge in [-0.3, -0.25) is 0 Å². The zero-order chi connectivity index (χ0) is 27.3. The van der Waals surface area contributed by atoms with Crippen LogP contribution in [0.15, 0.2) is 128 Å². The zero-order valence-electron chi connectivity index (χ0n) is 22.8. The molecule has 3 heterocycles. The van der Waals surface area contributed by atoms with Crippen molar-refractivity contribution in [2.75, 3.05) is 0 Å². The van der Waals surface area contributed by atoms with Gasteiger partial charge >= 0.3 is 0 Å². The third-order valence-corrected chi connectivity index (χ3v) is 6.90. The fourth-order valence-corrected chi connectivity index (χ4v) is 4.80. The van der Waals surface area contributed by atoms with E-state index < -0.39 is 0 Å². The molecular weight excluding hydrogens is 681 g/mol. The van der Waals surface area contributed by atoms with E-state index in [-0.39, 0.29) is 20.1 Å². The molecule has 1 radical (unpaired) electrons. The second kappa shape index (κ2) is 12.9. The Morgan fingerprint density at radius 3 is 2.02 bits per heavy atom. The smallest absolute Gasteiger partial charge is 0.122 e. The van der Waals surface area contributed by atoms with Crippen LogP contribution in [0.25, 0.3) is 44.8 Å². The Kier molecular flexibility index (Phi) is 8.84. The molecule has 203 valence electrons. The van der Waals surface area contributed by atoms with Crippen LogP contribution in [0.1, 0.15) is 25.3 Å². The summed E-state index contributed by atoms with van der Waals surface area (Å²) in [5.74, 6) is 2.15. The number of aromatic nitrogens is 2. The van der Waals surface area contributed by atoms with Crippen molar-refractivity contribution in [2.24, 2.45) is 0 Å². The maximum absolute atomic E-state index is 6.29. The van der Waals surface area contributed by atoms with Gasteiger partial charge in [0.25, 0.3) is 0 Å². The Hall–Kier alpha value is -4.37. The number of ether oxygens (including phenoxy) is 1. The van der Waals surface area contributed by atoms with E-state index in [9.17, 15) is 0 Å². The van der Waals surface area contributed by atoms with Crippen molar-refractivity contribution in [3.8, 4) is 56.3 Å². The number of fused-ring (bicyclic) bond motifs is 5. The number of pyridine rings is 2. The molecule has 0 fully saturated rings. The monoisotopic (exact) mass is 709 g/mol. The molecule has 3 nitrogen and oxygen atoms in total. The van der Waals surface area contributed by atoms with Crippen LogP contribution in [-0.4, -0.2) is 9.97 Å². The van der Waals surface area contributed by atoms with Gasteiger partial charge in [0.15, 0.2) is 0 Å². The zero-order valence-corrected chi connectivity index (χ0v) is 25.2. The summed E-state index contributed by atoms with van der Waals surface area (Å²) in [6, 6.07) is 45.1. The first-order valence-electron chi connectivity index (χ1n) is 13.4. The molecule has 0 unspecified atom stereocenters. The van der Waals surface area contributed by atoms with E-state index >= 15 is 0 Å². The van der Waals surface area contributed by atoms with E-state index in [4.69, 9.17) is 4.74 Å². The van der Waals surface area contributed by atoms with Crippen molar-refractivity contribution >= 4 is 0 Å². The second-order valence-electron chi connectivity index (χ2n) is 9.89. The molecule has 1 aliphatic rings. The van der Waals surface area contributed by atoms with E-state index in [2.05, 4.69) is 84.5 Å². The first-order chi connectivity index (χ1) is 19.7. The third kappa shape index (κ3) is 6.20. The van der Waals surface area contributed by atoms with Crippen LogP contribution in [0.5, 0.6) is 11.5 Å². The maximum atomic E-state index is 6.29. The van der Waals surface area contributed by atoms with E-state index in [0.717, 1.165) is 50.7 Å². The molecule has 6 aromatic rings. The van der Waals surface area contributed by atoms with Gasteiger partial charge in [-0.1, -0.05) is 85.6 Å². The van der Waals surface area contributed by atoms with Gasteiger partial charge in [-0.05, 0) is 46.6 Å². The third-order valence-electron chi connectivity index (χ3n) is 6.90.